The number of alkyl halides is 3. The smallest absolute Gasteiger partial charge is 0.369 e. The van der Waals surface area contributed by atoms with Gasteiger partial charge >= 0.3 is 6.18 Å². The minimum atomic E-state index is -4.48. The fourth-order valence-electron chi connectivity index (χ4n) is 4.06. The van der Waals surface area contributed by atoms with Crippen LogP contribution in [0.3, 0.4) is 0 Å². The molecule has 1 fully saturated rings. The fraction of sp³-hybridized carbons (Fsp3) is 0.368. The van der Waals surface area contributed by atoms with Gasteiger partial charge in [0.05, 0.1) is 16.9 Å². The second-order valence-electron chi connectivity index (χ2n) is 7.11. The molecule has 1 aromatic heterocycles. The number of hydrogen-bond acceptors (Lipinski definition) is 5. The number of aromatic nitrogens is 1. The summed E-state index contributed by atoms with van der Waals surface area (Å²) in [5.41, 5.74) is 11.4. The normalized spacial score (nSPS) is 19.5. The fourth-order valence-corrected chi connectivity index (χ4v) is 4.06. The molecular formula is C19H21F3N6. The summed E-state index contributed by atoms with van der Waals surface area (Å²) in [6.07, 6.45) is 3.17. The van der Waals surface area contributed by atoms with Crippen LogP contribution in [0.2, 0.25) is 0 Å². The van der Waals surface area contributed by atoms with Gasteiger partial charge in [0.15, 0.2) is 0 Å². The second-order valence-corrected chi connectivity index (χ2v) is 7.11. The van der Waals surface area contributed by atoms with Gasteiger partial charge in [0, 0.05) is 12.4 Å². The first-order valence-electron chi connectivity index (χ1n) is 9.14. The molecular weight excluding hydrogens is 369 g/mol. The quantitative estimate of drug-likeness (QED) is 0.822. The van der Waals surface area contributed by atoms with Gasteiger partial charge in [0.1, 0.15) is 5.66 Å². The molecule has 2 aliphatic rings. The van der Waals surface area contributed by atoms with Crippen molar-refractivity contribution in [2.24, 2.45) is 21.5 Å². The highest BCUT2D eigenvalue weighted by atomic mass is 19.4. The summed E-state index contributed by atoms with van der Waals surface area (Å²) in [7, 11) is 0. The number of guanidine groups is 2. The average Bonchev–Trinajstić information content (AvgIpc) is 3.15. The lowest BCUT2D eigenvalue weighted by Gasteiger charge is -2.46. The minimum absolute atomic E-state index is 0.0575. The SMILES string of the molecule is NC1=NC2(CCCCC2)N(c2cc(C(F)(F)F)ccc2-n2cccc2)C(N)=N1. The number of anilines is 1. The molecule has 4 rings (SSSR count). The number of hydrogen-bond donors (Lipinski definition) is 2. The van der Waals surface area contributed by atoms with E-state index in [4.69, 9.17) is 11.5 Å². The summed E-state index contributed by atoms with van der Waals surface area (Å²) in [6, 6.07) is 7.25. The van der Waals surface area contributed by atoms with E-state index in [0.29, 0.717) is 24.2 Å². The molecule has 1 aliphatic carbocycles. The van der Waals surface area contributed by atoms with E-state index in [2.05, 4.69) is 9.98 Å². The molecule has 148 valence electrons. The van der Waals surface area contributed by atoms with Gasteiger partial charge in [-0.1, -0.05) is 6.42 Å². The lowest BCUT2D eigenvalue weighted by molar-refractivity contribution is -0.137. The van der Waals surface area contributed by atoms with Gasteiger partial charge in [-0.3, -0.25) is 4.90 Å². The second kappa shape index (κ2) is 6.57. The highest BCUT2D eigenvalue weighted by Crippen LogP contribution is 2.43. The Balaban J connectivity index is 1.93. The minimum Gasteiger partial charge on any atom is -0.369 e. The number of nitrogens with two attached hydrogens (primary N) is 2. The molecule has 0 bridgehead atoms. The van der Waals surface area contributed by atoms with Crippen LogP contribution in [0.15, 0.2) is 52.7 Å². The molecule has 1 aromatic carbocycles. The highest BCUT2D eigenvalue weighted by Gasteiger charge is 2.44. The van der Waals surface area contributed by atoms with E-state index in [1.807, 2.05) is 12.1 Å². The Morgan fingerprint density at radius 2 is 1.64 bits per heavy atom. The Morgan fingerprint density at radius 3 is 2.29 bits per heavy atom. The van der Waals surface area contributed by atoms with Gasteiger partial charge in [-0.2, -0.15) is 18.2 Å². The summed E-state index contributed by atoms with van der Waals surface area (Å²) in [5, 5.41) is 0. The van der Waals surface area contributed by atoms with Crippen LogP contribution in [0.1, 0.15) is 37.7 Å². The third-order valence-corrected chi connectivity index (χ3v) is 5.28. The Hall–Kier alpha value is -2.97. The molecule has 4 N–H and O–H groups in total. The van der Waals surface area contributed by atoms with E-state index in [9.17, 15) is 13.2 Å². The van der Waals surface area contributed by atoms with Crippen LogP contribution in [-0.4, -0.2) is 22.1 Å². The van der Waals surface area contributed by atoms with Crippen LogP contribution in [0.25, 0.3) is 5.69 Å². The number of aliphatic imine (C=N–C) groups is 2. The predicted molar refractivity (Wildman–Crippen MR) is 102 cm³/mol. The first-order valence-corrected chi connectivity index (χ1v) is 9.14. The molecule has 0 radical (unpaired) electrons. The van der Waals surface area contributed by atoms with E-state index in [0.717, 1.165) is 31.4 Å². The average molecular weight is 390 g/mol. The van der Waals surface area contributed by atoms with Gasteiger partial charge in [0.25, 0.3) is 0 Å². The third-order valence-electron chi connectivity index (χ3n) is 5.28. The van der Waals surface area contributed by atoms with Gasteiger partial charge in [-0.15, -0.1) is 0 Å². The van der Waals surface area contributed by atoms with E-state index in [-0.39, 0.29) is 11.9 Å². The number of benzene rings is 1. The summed E-state index contributed by atoms with van der Waals surface area (Å²) in [6.45, 7) is 0. The van der Waals surface area contributed by atoms with Gasteiger partial charge < -0.3 is 16.0 Å². The summed E-state index contributed by atoms with van der Waals surface area (Å²) >= 11 is 0. The Morgan fingerprint density at radius 1 is 0.964 bits per heavy atom. The van der Waals surface area contributed by atoms with Crippen molar-refractivity contribution in [1.29, 1.82) is 0 Å². The molecule has 1 spiro atoms. The van der Waals surface area contributed by atoms with E-state index in [1.165, 1.54) is 6.07 Å². The number of nitrogens with zero attached hydrogens (tertiary/aromatic N) is 4. The van der Waals surface area contributed by atoms with Crippen LogP contribution in [0.4, 0.5) is 18.9 Å². The van der Waals surface area contributed by atoms with Crippen LogP contribution in [0, 0.1) is 0 Å². The van der Waals surface area contributed by atoms with Crippen LogP contribution in [-0.2, 0) is 6.18 Å². The summed E-state index contributed by atoms with van der Waals surface area (Å²) < 4.78 is 42.2. The maximum Gasteiger partial charge on any atom is 0.416 e. The van der Waals surface area contributed by atoms with E-state index < -0.39 is 17.4 Å². The van der Waals surface area contributed by atoms with Crippen molar-refractivity contribution in [2.45, 2.75) is 43.9 Å². The maximum absolute atomic E-state index is 13.5. The zero-order valence-electron chi connectivity index (χ0n) is 15.2. The molecule has 6 nitrogen and oxygen atoms in total. The zero-order chi connectivity index (χ0) is 19.9. The molecule has 1 aliphatic heterocycles. The van der Waals surface area contributed by atoms with Crippen molar-refractivity contribution in [3.8, 4) is 5.69 Å². The van der Waals surface area contributed by atoms with Crippen molar-refractivity contribution in [3.63, 3.8) is 0 Å². The third kappa shape index (κ3) is 3.10. The van der Waals surface area contributed by atoms with Gasteiger partial charge in [-0.05, 0) is 56.0 Å². The monoisotopic (exact) mass is 390 g/mol. The first-order chi connectivity index (χ1) is 13.3. The Bertz CT molecular complexity index is 924. The summed E-state index contributed by atoms with van der Waals surface area (Å²) in [4.78, 5) is 10.3. The Kier molecular flexibility index (Phi) is 4.32. The van der Waals surface area contributed by atoms with Crippen molar-refractivity contribution in [3.05, 3.63) is 48.3 Å². The van der Waals surface area contributed by atoms with Crippen LogP contribution >= 0.6 is 0 Å². The van der Waals surface area contributed by atoms with Crippen molar-refractivity contribution in [1.82, 2.24) is 4.57 Å². The largest absolute Gasteiger partial charge is 0.416 e. The number of rotatable bonds is 2. The van der Waals surface area contributed by atoms with E-state index >= 15 is 0 Å². The van der Waals surface area contributed by atoms with Gasteiger partial charge in [0.2, 0.25) is 11.9 Å². The van der Waals surface area contributed by atoms with E-state index in [1.54, 1.807) is 21.9 Å². The van der Waals surface area contributed by atoms with Crippen LogP contribution < -0.4 is 16.4 Å². The molecule has 2 aromatic rings. The van der Waals surface area contributed by atoms with Crippen molar-refractivity contribution in [2.75, 3.05) is 4.90 Å². The molecule has 2 heterocycles. The van der Waals surface area contributed by atoms with Crippen molar-refractivity contribution < 1.29 is 13.2 Å². The maximum atomic E-state index is 13.5. The van der Waals surface area contributed by atoms with Gasteiger partial charge in [-0.25, -0.2) is 4.99 Å². The predicted octanol–water partition coefficient (Wildman–Crippen LogP) is 3.61. The highest BCUT2D eigenvalue weighted by molar-refractivity contribution is 6.06. The lowest BCUT2D eigenvalue weighted by Crippen LogP contribution is -2.58. The zero-order valence-corrected chi connectivity index (χ0v) is 15.2. The molecule has 1 saturated carbocycles. The number of halogens is 3. The molecule has 0 unspecified atom stereocenters. The molecule has 0 amide bonds. The molecule has 0 saturated heterocycles. The molecule has 9 heteroatoms. The van der Waals surface area contributed by atoms with Crippen LogP contribution in [0.5, 0.6) is 0 Å². The molecule has 0 atom stereocenters. The Labute approximate surface area is 160 Å². The standard InChI is InChI=1S/C19H21F3N6/c20-19(21,22)13-6-7-14(27-10-4-5-11-27)15(12-13)28-17(24)25-16(23)26-18(28)8-2-1-3-9-18/h4-7,10-12H,1-3,8-9H2,(H4,23,24,25,26). The lowest BCUT2D eigenvalue weighted by atomic mass is 9.87. The van der Waals surface area contributed by atoms with Crippen molar-refractivity contribution >= 4 is 17.6 Å². The topological polar surface area (TPSA) is 84.9 Å². The first kappa shape index (κ1) is 18.4. The molecule has 28 heavy (non-hydrogen) atoms. The summed E-state index contributed by atoms with van der Waals surface area (Å²) in [5.74, 6) is 0.118.